The Balaban J connectivity index is 1.70. The molecule has 0 radical (unpaired) electrons. The highest BCUT2D eigenvalue weighted by Gasteiger charge is 2.31. The lowest BCUT2D eigenvalue weighted by Crippen LogP contribution is -2.31. The Kier molecular flexibility index (Phi) is 4.32. The van der Waals surface area contributed by atoms with Crippen LogP contribution in [0.2, 0.25) is 0 Å². The van der Waals surface area contributed by atoms with E-state index < -0.39 is 18.6 Å². The number of nitrogens with one attached hydrogen (secondary N) is 1. The van der Waals surface area contributed by atoms with Crippen LogP contribution in [0.15, 0.2) is 45.7 Å². The molecular weight excluding hydrogens is 402 g/mol. The summed E-state index contributed by atoms with van der Waals surface area (Å²) in [5.41, 5.74) is 4.02. The van der Waals surface area contributed by atoms with Crippen molar-refractivity contribution in [3.63, 3.8) is 0 Å². The number of ether oxygens (including phenoxy) is 2. The van der Waals surface area contributed by atoms with Crippen molar-refractivity contribution in [2.24, 2.45) is 0 Å². The highest BCUT2D eigenvalue weighted by Crippen LogP contribution is 2.43. The van der Waals surface area contributed by atoms with Crippen LogP contribution >= 0.6 is 0 Å². The van der Waals surface area contributed by atoms with E-state index in [1.807, 2.05) is 32.0 Å². The van der Waals surface area contributed by atoms with Crippen LogP contribution in [0.1, 0.15) is 23.1 Å². The van der Waals surface area contributed by atoms with Crippen molar-refractivity contribution in [3.8, 4) is 22.6 Å². The van der Waals surface area contributed by atoms with E-state index in [1.165, 1.54) is 0 Å². The van der Waals surface area contributed by atoms with E-state index in [9.17, 15) is 9.59 Å². The second-order valence-corrected chi connectivity index (χ2v) is 7.38. The summed E-state index contributed by atoms with van der Waals surface area (Å²) in [6.07, 6.45) is 0. The highest BCUT2D eigenvalue weighted by atomic mass is 16.5. The molecule has 0 spiro atoms. The maximum absolute atomic E-state index is 12.9. The molecule has 0 saturated carbocycles. The number of hydrogen-bond donors (Lipinski definition) is 2. The van der Waals surface area contributed by atoms with Gasteiger partial charge >= 0.3 is 11.7 Å². The normalized spacial score (nSPS) is 15.1. The molecule has 158 valence electrons. The van der Waals surface area contributed by atoms with Gasteiger partial charge in [-0.25, -0.2) is 9.59 Å². The van der Waals surface area contributed by atoms with Gasteiger partial charge in [-0.3, -0.25) is 4.57 Å². The number of aryl methyl sites for hydroxylation is 2. The number of rotatable bonds is 5. The molecule has 0 bridgehead atoms. The van der Waals surface area contributed by atoms with Crippen LogP contribution < -0.4 is 15.2 Å². The molecule has 31 heavy (non-hydrogen) atoms. The summed E-state index contributed by atoms with van der Waals surface area (Å²) in [4.78, 5) is 26.8. The Morgan fingerprint density at radius 3 is 2.84 bits per heavy atom. The molecule has 1 unspecified atom stereocenters. The lowest BCUT2D eigenvalue weighted by atomic mass is 9.99. The predicted octanol–water partition coefficient (Wildman–Crippen LogP) is 3.05. The van der Waals surface area contributed by atoms with Crippen molar-refractivity contribution >= 4 is 17.0 Å². The van der Waals surface area contributed by atoms with Crippen LogP contribution in [0.4, 0.5) is 0 Å². The van der Waals surface area contributed by atoms with Gasteiger partial charge in [-0.05, 0) is 32.0 Å². The average Bonchev–Trinajstić information content (AvgIpc) is 3.27. The smallest absolute Gasteiger partial charge is 0.341 e. The Hall–Kier alpha value is -4.01. The Bertz CT molecular complexity index is 1360. The van der Waals surface area contributed by atoms with Gasteiger partial charge in [-0.2, -0.15) is 0 Å². The topological polar surface area (TPSA) is 120 Å². The Labute approximate surface area is 175 Å². The number of nitrogens with zero attached hydrogens (tertiary/aromatic N) is 2. The molecule has 3 heterocycles. The SMILES string of the molecule is Cc1noc(C)c1-c1ccc2[nH]c(=O)n3c2c1OCC3c1ccccc1OCC(=O)O. The average molecular weight is 421 g/mol. The van der Waals surface area contributed by atoms with E-state index in [0.717, 1.165) is 16.8 Å². The van der Waals surface area contributed by atoms with Crippen molar-refractivity contribution in [3.05, 3.63) is 63.9 Å². The number of H-pyrrole nitrogens is 1. The maximum Gasteiger partial charge on any atom is 0.341 e. The standard InChI is InChI=1S/C22H19N3O6/c1-11-19(12(2)31-24-11)14-7-8-15-20-21(14)30-9-16(25(20)22(28)23-15)13-5-3-4-6-17(13)29-10-18(26)27/h3-8,16H,9-10H2,1-2H3,(H,23,28)(H,26,27). The summed E-state index contributed by atoms with van der Waals surface area (Å²) >= 11 is 0. The number of hydrogen-bond acceptors (Lipinski definition) is 6. The summed E-state index contributed by atoms with van der Waals surface area (Å²) in [6.45, 7) is 3.38. The number of imidazole rings is 1. The van der Waals surface area contributed by atoms with Crippen LogP contribution in [0.3, 0.4) is 0 Å². The number of aromatic amines is 1. The van der Waals surface area contributed by atoms with Crippen molar-refractivity contribution in [1.82, 2.24) is 14.7 Å². The number of carboxylic acids is 1. The van der Waals surface area contributed by atoms with E-state index in [4.69, 9.17) is 19.1 Å². The van der Waals surface area contributed by atoms with E-state index in [0.29, 0.717) is 33.9 Å². The summed E-state index contributed by atoms with van der Waals surface area (Å²) in [5.74, 6) is 0.552. The van der Waals surface area contributed by atoms with Crippen LogP contribution in [0.25, 0.3) is 22.2 Å². The largest absolute Gasteiger partial charge is 0.488 e. The fourth-order valence-electron chi connectivity index (χ4n) is 4.19. The Morgan fingerprint density at radius 2 is 2.10 bits per heavy atom. The molecule has 2 N–H and O–H groups in total. The molecule has 1 aliphatic rings. The van der Waals surface area contributed by atoms with Gasteiger partial charge in [0.1, 0.15) is 29.7 Å². The third-order valence-electron chi connectivity index (χ3n) is 5.46. The molecule has 0 saturated heterocycles. The number of aromatic nitrogens is 3. The van der Waals surface area contributed by atoms with E-state index in [2.05, 4.69) is 10.1 Å². The van der Waals surface area contributed by atoms with Gasteiger partial charge in [0.2, 0.25) is 0 Å². The van der Waals surface area contributed by atoms with Crippen LogP contribution in [0, 0.1) is 13.8 Å². The lowest BCUT2D eigenvalue weighted by molar-refractivity contribution is -0.139. The van der Waals surface area contributed by atoms with Crippen molar-refractivity contribution < 1.29 is 23.9 Å². The number of carbonyl (C=O) groups is 1. The fourth-order valence-corrected chi connectivity index (χ4v) is 4.19. The first-order chi connectivity index (χ1) is 15.0. The molecule has 0 aliphatic carbocycles. The van der Waals surface area contributed by atoms with Gasteiger partial charge in [-0.15, -0.1) is 0 Å². The highest BCUT2D eigenvalue weighted by molar-refractivity contribution is 5.92. The molecular formula is C22H19N3O6. The van der Waals surface area contributed by atoms with Crippen molar-refractivity contribution in [1.29, 1.82) is 0 Å². The van der Waals surface area contributed by atoms with Crippen LogP contribution in [-0.4, -0.2) is 39.0 Å². The molecule has 2 aromatic carbocycles. The molecule has 5 rings (SSSR count). The predicted molar refractivity (Wildman–Crippen MR) is 111 cm³/mol. The molecule has 2 aromatic heterocycles. The first kappa shape index (κ1) is 19.0. The van der Waals surface area contributed by atoms with E-state index in [1.54, 1.807) is 22.8 Å². The minimum absolute atomic E-state index is 0.174. The number of aliphatic carboxylic acids is 1. The fraction of sp³-hybridized carbons (Fsp3) is 0.227. The zero-order valence-electron chi connectivity index (χ0n) is 16.8. The number of carboxylic acid groups (broad SMARTS) is 1. The molecule has 4 aromatic rings. The van der Waals surface area contributed by atoms with Crippen LogP contribution in [0.5, 0.6) is 11.5 Å². The third-order valence-corrected chi connectivity index (χ3v) is 5.46. The van der Waals surface area contributed by atoms with E-state index >= 15 is 0 Å². The van der Waals surface area contributed by atoms with Gasteiger partial charge in [0, 0.05) is 11.1 Å². The van der Waals surface area contributed by atoms with Gasteiger partial charge in [-0.1, -0.05) is 23.4 Å². The molecule has 9 heteroatoms. The molecule has 9 nitrogen and oxygen atoms in total. The molecule has 1 atom stereocenters. The summed E-state index contributed by atoms with van der Waals surface area (Å²) in [5, 5.41) is 13.0. The van der Waals surface area contributed by atoms with Crippen molar-refractivity contribution in [2.45, 2.75) is 19.9 Å². The quantitative estimate of drug-likeness (QED) is 0.508. The number of para-hydroxylation sites is 1. The lowest BCUT2D eigenvalue weighted by Gasteiger charge is -2.28. The monoisotopic (exact) mass is 421 g/mol. The maximum atomic E-state index is 12.9. The Morgan fingerprint density at radius 1 is 1.29 bits per heavy atom. The van der Waals surface area contributed by atoms with Gasteiger partial charge in [0.15, 0.2) is 12.4 Å². The van der Waals surface area contributed by atoms with E-state index in [-0.39, 0.29) is 12.3 Å². The summed E-state index contributed by atoms with van der Waals surface area (Å²) < 4.78 is 18.6. The summed E-state index contributed by atoms with van der Waals surface area (Å²) in [6, 6.07) is 10.3. The molecule has 1 aliphatic heterocycles. The van der Waals surface area contributed by atoms with Gasteiger partial charge in [0.25, 0.3) is 0 Å². The second-order valence-electron chi connectivity index (χ2n) is 7.38. The zero-order valence-corrected chi connectivity index (χ0v) is 16.8. The van der Waals surface area contributed by atoms with Gasteiger partial charge < -0.3 is 24.1 Å². The van der Waals surface area contributed by atoms with Crippen LogP contribution in [-0.2, 0) is 4.79 Å². The van der Waals surface area contributed by atoms with Gasteiger partial charge in [0.05, 0.1) is 16.8 Å². The molecule has 0 amide bonds. The first-order valence-electron chi connectivity index (χ1n) is 9.72. The minimum atomic E-state index is -1.08. The molecule has 0 fully saturated rings. The van der Waals surface area contributed by atoms with Crippen molar-refractivity contribution in [2.75, 3.05) is 13.2 Å². The second kappa shape index (κ2) is 7.05. The minimum Gasteiger partial charge on any atom is -0.488 e. The zero-order chi connectivity index (χ0) is 21.7. The third kappa shape index (κ3) is 2.97. The number of benzene rings is 2. The summed E-state index contributed by atoms with van der Waals surface area (Å²) in [7, 11) is 0. The first-order valence-corrected chi connectivity index (χ1v) is 9.72.